The number of rotatable bonds is 10. The van der Waals surface area contributed by atoms with Crippen LogP contribution in [-0.2, 0) is 17.5 Å². The molecular formula is C28H24ClF3N4O4. The van der Waals surface area contributed by atoms with Crippen molar-refractivity contribution < 1.29 is 31.9 Å². The third-order valence-corrected chi connectivity index (χ3v) is 6.07. The normalized spacial score (nSPS) is 11.8. The fourth-order valence-corrected chi connectivity index (χ4v) is 3.96. The van der Waals surface area contributed by atoms with Crippen LogP contribution in [0.4, 0.5) is 13.2 Å². The molecule has 0 fully saturated rings. The highest BCUT2D eigenvalue weighted by Gasteiger charge is 2.31. The number of aryl methyl sites for hydroxylation is 1. The Kier molecular flexibility index (Phi) is 8.95. The van der Waals surface area contributed by atoms with Crippen molar-refractivity contribution in [3.63, 3.8) is 0 Å². The first-order valence-electron chi connectivity index (χ1n) is 12.0. The van der Waals surface area contributed by atoms with Crippen molar-refractivity contribution in [2.75, 3.05) is 13.7 Å². The molecule has 0 aliphatic carbocycles. The van der Waals surface area contributed by atoms with Gasteiger partial charge in [0.05, 0.1) is 24.0 Å². The van der Waals surface area contributed by atoms with Crippen LogP contribution >= 0.6 is 11.6 Å². The number of nitrogens with one attached hydrogen (secondary N) is 2. The van der Waals surface area contributed by atoms with E-state index in [-0.39, 0.29) is 33.4 Å². The number of carbonyl (C=O) groups excluding carboxylic acids is 2. The number of alkyl halides is 3. The Balaban J connectivity index is 1.54. The van der Waals surface area contributed by atoms with E-state index in [2.05, 4.69) is 15.6 Å². The highest BCUT2D eigenvalue weighted by atomic mass is 35.5. The average Bonchev–Trinajstić information content (AvgIpc) is 3.62. The third kappa shape index (κ3) is 7.32. The minimum atomic E-state index is -4.54. The second kappa shape index (κ2) is 12.6. The van der Waals surface area contributed by atoms with Crippen LogP contribution in [0.5, 0.6) is 5.75 Å². The van der Waals surface area contributed by atoms with E-state index in [1.165, 1.54) is 31.4 Å². The molecule has 0 atom stereocenters. The summed E-state index contributed by atoms with van der Waals surface area (Å²) in [4.78, 5) is 29.9. The molecule has 0 saturated carbocycles. The van der Waals surface area contributed by atoms with E-state index in [0.29, 0.717) is 25.3 Å². The summed E-state index contributed by atoms with van der Waals surface area (Å²) in [6.45, 7) is 0.949. The highest BCUT2D eigenvalue weighted by Crippen LogP contribution is 2.36. The number of aromatic nitrogens is 2. The minimum Gasteiger partial charge on any atom is -0.497 e. The zero-order valence-electron chi connectivity index (χ0n) is 21.2. The number of hydrogen-bond donors (Lipinski definition) is 2. The zero-order valence-corrected chi connectivity index (χ0v) is 21.9. The van der Waals surface area contributed by atoms with Crippen molar-refractivity contribution in [2.24, 2.45) is 0 Å². The number of halogens is 4. The van der Waals surface area contributed by atoms with E-state index < -0.39 is 23.6 Å². The SMILES string of the molecule is COc1ccc(C(=O)N/C(=C/c2ccc(-c3ccc(C(F)(F)F)cc3Cl)o2)C(=O)NCCCn2ccnc2)cc1. The lowest BCUT2D eigenvalue weighted by Crippen LogP contribution is -2.35. The Morgan fingerprint density at radius 2 is 1.90 bits per heavy atom. The van der Waals surface area contributed by atoms with Crippen LogP contribution in [0, 0.1) is 0 Å². The van der Waals surface area contributed by atoms with Crippen LogP contribution in [0.2, 0.25) is 5.02 Å². The average molecular weight is 573 g/mol. The van der Waals surface area contributed by atoms with Gasteiger partial charge < -0.3 is 24.4 Å². The molecule has 2 amide bonds. The molecule has 0 aliphatic rings. The monoisotopic (exact) mass is 572 g/mol. The standard InChI is InChI=1S/C28H24ClF3N4O4/c1-39-20-6-3-18(4-7-20)26(37)35-24(27(38)34-11-2-13-36-14-12-33-17-36)16-21-8-10-25(40-21)22-9-5-19(15-23(22)29)28(30,31)32/h3-10,12,14-17H,2,11,13H2,1H3,(H,34,38)(H,35,37)/b24-16+. The molecule has 2 aromatic heterocycles. The molecule has 2 N–H and O–H groups in total. The molecule has 2 aromatic carbocycles. The number of furan rings is 1. The molecule has 2 heterocycles. The van der Waals surface area contributed by atoms with Gasteiger partial charge in [-0.3, -0.25) is 9.59 Å². The first kappa shape index (κ1) is 28.5. The summed E-state index contributed by atoms with van der Waals surface area (Å²) in [5, 5.41) is 5.21. The predicted octanol–water partition coefficient (Wildman–Crippen LogP) is 5.80. The van der Waals surface area contributed by atoms with Crippen molar-refractivity contribution in [2.45, 2.75) is 19.1 Å². The summed E-state index contributed by atoms with van der Waals surface area (Å²) in [5.74, 6) is -0.179. The molecule has 0 radical (unpaired) electrons. The van der Waals surface area contributed by atoms with Crippen molar-refractivity contribution in [1.29, 1.82) is 0 Å². The fraction of sp³-hybridized carbons (Fsp3) is 0.179. The fourth-order valence-electron chi connectivity index (χ4n) is 3.68. The van der Waals surface area contributed by atoms with Gasteiger partial charge in [-0.25, -0.2) is 4.98 Å². The topological polar surface area (TPSA) is 98.4 Å². The first-order valence-corrected chi connectivity index (χ1v) is 12.4. The second-order valence-corrected chi connectivity index (χ2v) is 8.95. The van der Waals surface area contributed by atoms with Gasteiger partial charge in [-0.1, -0.05) is 11.6 Å². The maximum absolute atomic E-state index is 13.0. The van der Waals surface area contributed by atoms with Gasteiger partial charge in [-0.05, 0) is 61.0 Å². The Hall–Kier alpha value is -4.51. The number of amides is 2. The van der Waals surface area contributed by atoms with Gasteiger partial charge in [0.25, 0.3) is 11.8 Å². The number of methoxy groups -OCH3 is 1. The quantitative estimate of drug-likeness (QED) is 0.185. The molecule has 0 saturated heterocycles. The number of carbonyl (C=O) groups is 2. The van der Waals surface area contributed by atoms with E-state index in [1.807, 2.05) is 4.57 Å². The van der Waals surface area contributed by atoms with E-state index in [9.17, 15) is 22.8 Å². The molecule has 4 aromatic rings. The third-order valence-electron chi connectivity index (χ3n) is 5.76. The number of ether oxygens (including phenoxy) is 1. The van der Waals surface area contributed by atoms with Crippen LogP contribution in [0.25, 0.3) is 17.4 Å². The summed E-state index contributed by atoms with van der Waals surface area (Å²) < 4.78 is 51.7. The molecular weight excluding hydrogens is 549 g/mol. The first-order chi connectivity index (χ1) is 19.1. The van der Waals surface area contributed by atoms with Crippen molar-refractivity contribution in [3.05, 3.63) is 101 Å². The predicted molar refractivity (Wildman–Crippen MR) is 142 cm³/mol. The largest absolute Gasteiger partial charge is 0.497 e. The summed E-state index contributed by atoms with van der Waals surface area (Å²) >= 11 is 6.09. The zero-order chi connectivity index (χ0) is 28.7. The smallest absolute Gasteiger partial charge is 0.416 e. The van der Waals surface area contributed by atoms with Crippen LogP contribution < -0.4 is 15.4 Å². The second-order valence-electron chi connectivity index (χ2n) is 8.55. The van der Waals surface area contributed by atoms with E-state index in [0.717, 1.165) is 12.1 Å². The van der Waals surface area contributed by atoms with Gasteiger partial charge in [0, 0.05) is 42.7 Å². The molecule has 12 heteroatoms. The van der Waals surface area contributed by atoms with Crippen molar-refractivity contribution >= 4 is 29.5 Å². The number of imidazole rings is 1. The molecule has 8 nitrogen and oxygen atoms in total. The van der Waals surface area contributed by atoms with E-state index in [4.69, 9.17) is 20.8 Å². The van der Waals surface area contributed by atoms with Crippen molar-refractivity contribution in [1.82, 2.24) is 20.2 Å². The molecule has 0 bridgehead atoms. The van der Waals surface area contributed by atoms with E-state index >= 15 is 0 Å². The van der Waals surface area contributed by atoms with Crippen LogP contribution in [0.3, 0.4) is 0 Å². The maximum atomic E-state index is 13.0. The number of hydrogen-bond acceptors (Lipinski definition) is 5. The van der Waals surface area contributed by atoms with Crippen LogP contribution in [0.15, 0.2) is 83.4 Å². The molecule has 208 valence electrons. The van der Waals surface area contributed by atoms with Crippen LogP contribution in [-0.4, -0.2) is 35.0 Å². The molecule has 0 unspecified atom stereocenters. The molecule has 0 spiro atoms. The molecule has 0 aliphatic heterocycles. The summed E-state index contributed by atoms with van der Waals surface area (Å²) in [5.41, 5.74) is -0.456. The van der Waals surface area contributed by atoms with E-state index in [1.54, 1.807) is 43.0 Å². The summed E-state index contributed by atoms with van der Waals surface area (Å²) in [6, 6.07) is 12.3. The Bertz CT molecular complexity index is 1500. The lowest BCUT2D eigenvalue weighted by molar-refractivity contribution is -0.137. The lowest BCUT2D eigenvalue weighted by atomic mass is 10.1. The van der Waals surface area contributed by atoms with Gasteiger partial charge in [0.2, 0.25) is 0 Å². The Labute approximate surface area is 232 Å². The van der Waals surface area contributed by atoms with Crippen molar-refractivity contribution in [3.8, 4) is 17.1 Å². The van der Waals surface area contributed by atoms with Gasteiger partial charge in [-0.15, -0.1) is 0 Å². The lowest BCUT2D eigenvalue weighted by Gasteiger charge is -2.11. The Morgan fingerprint density at radius 1 is 1.12 bits per heavy atom. The highest BCUT2D eigenvalue weighted by molar-refractivity contribution is 6.33. The number of benzene rings is 2. The summed E-state index contributed by atoms with van der Waals surface area (Å²) in [7, 11) is 1.50. The molecule has 40 heavy (non-hydrogen) atoms. The maximum Gasteiger partial charge on any atom is 0.416 e. The molecule has 4 rings (SSSR count). The minimum absolute atomic E-state index is 0.0946. The van der Waals surface area contributed by atoms with Gasteiger partial charge in [0.1, 0.15) is 23.0 Å². The van der Waals surface area contributed by atoms with Crippen LogP contribution in [0.1, 0.15) is 28.1 Å². The Morgan fingerprint density at radius 3 is 2.55 bits per heavy atom. The van der Waals surface area contributed by atoms with Gasteiger partial charge >= 0.3 is 6.18 Å². The summed E-state index contributed by atoms with van der Waals surface area (Å²) in [6.07, 6.45) is 2.53. The van der Waals surface area contributed by atoms with Gasteiger partial charge in [0.15, 0.2) is 0 Å². The number of nitrogens with zero attached hydrogens (tertiary/aromatic N) is 2. The van der Waals surface area contributed by atoms with Gasteiger partial charge in [-0.2, -0.15) is 13.2 Å².